The van der Waals surface area contributed by atoms with Gasteiger partial charge in [0.05, 0.1) is 0 Å². The van der Waals surface area contributed by atoms with E-state index in [1.807, 2.05) is 36.4 Å². The number of hydrogen-bond donors (Lipinski definition) is 0. The van der Waals surface area contributed by atoms with Crippen LogP contribution in [0.15, 0.2) is 59.0 Å². The van der Waals surface area contributed by atoms with Gasteiger partial charge >= 0.3 is 0 Å². The zero-order valence-electron chi connectivity index (χ0n) is 8.81. The average molecular weight is 207 g/mol. The Balaban J connectivity index is 1.95. The molecule has 16 heavy (non-hydrogen) atoms. The van der Waals surface area contributed by atoms with Gasteiger partial charge in [-0.15, -0.1) is 0 Å². The van der Waals surface area contributed by atoms with Crippen molar-refractivity contribution in [2.24, 2.45) is 0 Å². The molecule has 0 saturated carbocycles. The van der Waals surface area contributed by atoms with Crippen LogP contribution in [0.5, 0.6) is 0 Å². The van der Waals surface area contributed by atoms with Gasteiger partial charge in [0.15, 0.2) is 0 Å². The molecule has 1 heterocycles. The minimum absolute atomic E-state index is 0.843. The van der Waals surface area contributed by atoms with Crippen molar-refractivity contribution in [2.75, 3.05) is 0 Å². The summed E-state index contributed by atoms with van der Waals surface area (Å²) in [6.07, 6.45) is 0.843. The number of rotatable bonds is 2. The molecular weight excluding hydrogens is 196 g/mol. The molecule has 1 heteroatoms. The predicted molar refractivity (Wildman–Crippen MR) is 64.3 cm³/mol. The summed E-state index contributed by atoms with van der Waals surface area (Å²) in [4.78, 5) is 0. The van der Waals surface area contributed by atoms with E-state index < -0.39 is 0 Å². The highest BCUT2D eigenvalue weighted by Gasteiger charge is 2.03. The molecule has 1 radical (unpaired) electrons. The van der Waals surface area contributed by atoms with Crippen molar-refractivity contribution in [3.8, 4) is 0 Å². The maximum atomic E-state index is 5.75. The molecule has 0 atom stereocenters. The Hall–Kier alpha value is -2.02. The fraction of sp³-hybridized carbons (Fsp3) is 0.0667. The SMILES string of the molecule is [c]1ccc2oc(Cc3ccccc3)cc2c1. The minimum atomic E-state index is 0.843. The molecular formula is C15H11O. The average Bonchev–Trinajstić information content (AvgIpc) is 2.72. The van der Waals surface area contributed by atoms with Crippen molar-refractivity contribution in [3.63, 3.8) is 0 Å². The van der Waals surface area contributed by atoms with E-state index in [1.165, 1.54) is 5.56 Å². The fourth-order valence-electron chi connectivity index (χ4n) is 1.86. The lowest BCUT2D eigenvalue weighted by molar-refractivity contribution is 0.563. The van der Waals surface area contributed by atoms with E-state index in [9.17, 15) is 0 Å². The lowest BCUT2D eigenvalue weighted by Crippen LogP contribution is -1.83. The van der Waals surface area contributed by atoms with E-state index in [1.54, 1.807) is 0 Å². The number of hydrogen-bond acceptors (Lipinski definition) is 1. The van der Waals surface area contributed by atoms with Crippen LogP contribution in [-0.2, 0) is 6.42 Å². The van der Waals surface area contributed by atoms with Crippen LogP contribution in [0.25, 0.3) is 11.0 Å². The zero-order valence-corrected chi connectivity index (χ0v) is 8.81. The number of benzene rings is 2. The Bertz CT molecular complexity index is 560. The van der Waals surface area contributed by atoms with Gasteiger partial charge in [-0.25, -0.2) is 0 Å². The van der Waals surface area contributed by atoms with Gasteiger partial charge < -0.3 is 4.42 Å². The van der Waals surface area contributed by atoms with E-state index >= 15 is 0 Å². The molecule has 1 nitrogen and oxygen atoms in total. The molecule has 1 aromatic heterocycles. The first kappa shape index (κ1) is 9.22. The molecule has 0 spiro atoms. The van der Waals surface area contributed by atoms with Crippen molar-refractivity contribution >= 4 is 11.0 Å². The van der Waals surface area contributed by atoms with Gasteiger partial charge in [0.1, 0.15) is 11.3 Å². The summed E-state index contributed by atoms with van der Waals surface area (Å²) < 4.78 is 5.75. The highest BCUT2D eigenvalue weighted by molar-refractivity contribution is 5.77. The molecule has 77 valence electrons. The van der Waals surface area contributed by atoms with Crippen molar-refractivity contribution in [1.29, 1.82) is 0 Å². The smallest absolute Gasteiger partial charge is 0.134 e. The Morgan fingerprint density at radius 1 is 1.06 bits per heavy atom. The topological polar surface area (TPSA) is 13.1 Å². The van der Waals surface area contributed by atoms with Crippen LogP contribution in [0.2, 0.25) is 0 Å². The molecule has 2 aromatic carbocycles. The van der Waals surface area contributed by atoms with E-state index in [0.29, 0.717) is 0 Å². The molecule has 0 saturated heterocycles. The Morgan fingerprint density at radius 2 is 1.94 bits per heavy atom. The number of furan rings is 1. The first-order valence-corrected chi connectivity index (χ1v) is 5.34. The molecule has 0 fully saturated rings. The van der Waals surface area contributed by atoms with Gasteiger partial charge in [0, 0.05) is 11.8 Å². The van der Waals surface area contributed by atoms with Crippen LogP contribution < -0.4 is 0 Å². The summed E-state index contributed by atoms with van der Waals surface area (Å²) in [5.41, 5.74) is 2.20. The van der Waals surface area contributed by atoms with Crippen molar-refractivity contribution in [2.45, 2.75) is 6.42 Å². The zero-order chi connectivity index (χ0) is 10.8. The standard InChI is InChI=1S/C15H11O/c1-2-6-12(7-3-1)10-14-11-13-8-4-5-9-15(13)16-14/h1-3,5-9,11H,10H2. The highest BCUT2D eigenvalue weighted by Crippen LogP contribution is 2.20. The Kier molecular flexibility index (Phi) is 2.22. The van der Waals surface area contributed by atoms with Gasteiger partial charge in [-0.2, -0.15) is 0 Å². The van der Waals surface area contributed by atoms with Crippen molar-refractivity contribution in [3.05, 3.63) is 72.0 Å². The quantitative estimate of drug-likeness (QED) is 0.622. The van der Waals surface area contributed by atoms with Gasteiger partial charge in [0.25, 0.3) is 0 Å². The summed E-state index contributed by atoms with van der Waals surface area (Å²) in [6.45, 7) is 0. The maximum absolute atomic E-state index is 5.75. The van der Waals surface area contributed by atoms with Gasteiger partial charge in [-0.3, -0.25) is 0 Å². The molecule has 0 amide bonds. The fourth-order valence-corrected chi connectivity index (χ4v) is 1.86. The predicted octanol–water partition coefficient (Wildman–Crippen LogP) is 3.82. The Labute approximate surface area is 94.3 Å². The van der Waals surface area contributed by atoms with E-state index in [2.05, 4.69) is 24.3 Å². The molecule has 0 bridgehead atoms. The molecule has 0 aliphatic carbocycles. The molecule has 0 unspecified atom stereocenters. The highest BCUT2D eigenvalue weighted by atomic mass is 16.3. The number of fused-ring (bicyclic) bond motifs is 1. The molecule has 3 aromatic rings. The van der Waals surface area contributed by atoms with Crippen molar-refractivity contribution in [1.82, 2.24) is 0 Å². The van der Waals surface area contributed by atoms with Crippen LogP contribution in [0.4, 0.5) is 0 Å². The monoisotopic (exact) mass is 207 g/mol. The molecule has 3 rings (SSSR count). The van der Waals surface area contributed by atoms with E-state index in [4.69, 9.17) is 4.42 Å². The molecule has 0 aliphatic heterocycles. The normalized spacial score (nSPS) is 10.8. The summed E-state index contributed by atoms with van der Waals surface area (Å²) in [7, 11) is 0. The first-order chi connectivity index (χ1) is 7.92. The van der Waals surface area contributed by atoms with Crippen LogP contribution in [-0.4, -0.2) is 0 Å². The lowest BCUT2D eigenvalue weighted by atomic mass is 10.1. The molecule has 0 N–H and O–H groups in total. The van der Waals surface area contributed by atoms with E-state index in [-0.39, 0.29) is 0 Å². The van der Waals surface area contributed by atoms with Crippen LogP contribution >= 0.6 is 0 Å². The van der Waals surface area contributed by atoms with E-state index in [0.717, 1.165) is 23.2 Å². The third-order valence-electron chi connectivity index (χ3n) is 2.63. The lowest BCUT2D eigenvalue weighted by Gasteiger charge is -1.96. The van der Waals surface area contributed by atoms with Gasteiger partial charge in [-0.05, 0) is 29.8 Å². The summed E-state index contributed by atoms with van der Waals surface area (Å²) in [5.74, 6) is 1.00. The first-order valence-electron chi connectivity index (χ1n) is 5.34. The summed E-state index contributed by atoms with van der Waals surface area (Å²) in [5, 5.41) is 1.12. The third-order valence-corrected chi connectivity index (χ3v) is 2.63. The van der Waals surface area contributed by atoms with Crippen LogP contribution in [0, 0.1) is 6.07 Å². The van der Waals surface area contributed by atoms with Crippen molar-refractivity contribution < 1.29 is 4.42 Å². The Morgan fingerprint density at radius 3 is 2.75 bits per heavy atom. The van der Waals surface area contributed by atoms with Crippen LogP contribution in [0.3, 0.4) is 0 Å². The maximum Gasteiger partial charge on any atom is 0.134 e. The second kappa shape index (κ2) is 3.86. The molecule has 0 aliphatic rings. The largest absolute Gasteiger partial charge is 0.461 e. The summed E-state index contributed by atoms with van der Waals surface area (Å²) in [6, 6.07) is 21.2. The second-order valence-corrected chi connectivity index (χ2v) is 3.84. The third kappa shape index (κ3) is 1.72. The van der Waals surface area contributed by atoms with Gasteiger partial charge in [-0.1, -0.05) is 36.4 Å². The summed E-state index contributed by atoms with van der Waals surface area (Å²) >= 11 is 0. The minimum Gasteiger partial charge on any atom is -0.461 e. The second-order valence-electron chi connectivity index (χ2n) is 3.84. The van der Waals surface area contributed by atoms with Crippen LogP contribution in [0.1, 0.15) is 11.3 Å². The van der Waals surface area contributed by atoms with Gasteiger partial charge in [0.2, 0.25) is 0 Å².